The number of aromatic nitrogens is 2. The Morgan fingerprint density at radius 1 is 1.19 bits per heavy atom. The molecule has 1 aliphatic rings. The smallest absolute Gasteiger partial charge is 0.231 e. The van der Waals surface area contributed by atoms with Crippen molar-refractivity contribution >= 4 is 45.3 Å². The minimum absolute atomic E-state index is 0.00292. The summed E-state index contributed by atoms with van der Waals surface area (Å²) >= 11 is 2.89. The zero-order valence-corrected chi connectivity index (χ0v) is 15.4. The molecule has 0 spiro atoms. The molecule has 6 nitrogen and oxygen atoms in total. The standard InChI is InChI=1S/C18H16N4O2S2/c23-15(10-14-7-4-8-25-14)19-18-21-20-17(26-18)12-9-16(24)22(11-12)13-5-2-1-3-6-13/h1-8,12H,9-11H2,(H,19,21,23). The SMILES string of the molecule is O=C(Cc1cccs1)Nc1nnc(C2CC(=O)N(c3ccccc3)C2)s1. The van der Waals surface area contributed by atoms with E-state index >= 15 is 0 Å². The van der Waals surface area contributed by atoms with Crippen LogP contribution in [0.3, 0.4) is 0 Å². The first kappa shape index (κ1) is 16.9. The molecule has 4 rings (SSSR count). The van der Waals surface area contributed by atoms with Gasteiger partial charge in [-0.2, -0.15) is 0 Å². The highest BCUT2D eigenvalue weighted by Gasteiger charge is 2.33. The molecule has 3 heterocycles. The quantitative estimate of drug-likeness (QED) is 0.732. The molecule has 1 fully saturated rings. The van der Waals surface area contributed by atoms with Gasteiger partial charge in [-0.25, -0.2) is 0 Å². The summed E-state index contributed by atoms with van der Waals surface area (Å²) in [4.78, 5) is 27.2. The van der Waals surface area contributed by atoms with Crippen molar-refractivity contribution in [2.45, 2.75) is 18.8 Å². The summed E-state index contributed by atoms with van der Waals surface area (Å²) in [7, 11) is 0. The van der Waals surface area contributed by atoms with Crippen molar-refractivity contribution in [3.05, 3.63) is 57.7 Å². The van der Waals surface area contributed by atoms with Gasteiger partial charge in [0, 0.05) is 29.4 Å². The normalized spacial score (nSPS) is 16.8. The van der Waals surface area contributed by atoms with Crippen molar-refractivity contribution in [3.63, 3.8) is 0 Å². The summed E-state index contributed by atoms with van der Waals surface area (Å²) in [5.74, 6) is -0.0219. The number of nitrogens with one attached hydrogen (secondary N) is 1. The number of thiophene rings is 1. The highest BCUT2D eigenvalue weighted by atomic mass is 32.1. The number of rotatable bonds is 5. The number of benzene rings is 1. The van der Waals surface area contributed by atoms with Crippen LogP contribution in [-0.2, 0) is 16.0 Å². The van der Waals surface area contributed by atoms with Crippen molar-refractivity contribution in [1.82, 2.24) is 10.2 Å². The van der Waals surface area contributed by atoms with Crippen molar-refractivity contribution in [2.24, 2.45) is 0 Å². The van der Waals surface area contributed by atoms with Gasteiger partial charge in [-0.15, -0.1) is 21.5 Å². The third-order valence-corrected chi connectivity index (χ3v) is 6.02. The van der Waals surface area contributed by atoms with Gasteiger partial charge in [-0.3, -0.25) is 9.59 Å². The zero-order valence-electron chi connectivity index (χ0n) is 13.8. The number of nitrogens with zero attached hydrogens (tertiary/aromatic N) is 3. The van der Waals surface area contributed by atoms with Crippen LogP contribution in [0.25, 0.3) is 0 Å². The van der Waals surface area contributed by atoms with Crippen LogP contribution in [0.4, 0.5) is 10.8 Å². The average molecular weight is 384 g/mol. The van der Waals surface area contributed by atoms with E-state index in [1.807, 2.05) is 47.8 Å². The van der Waals surface area contributed by atoms with E-state index in [0.29, 0.717) is 24.5 Å². The molecule has 0 saturated carbocycles. The van der Waals surface area contributed by atoms with E-state index in [1.165, 1.54) is 11.3 Å². The maximum Gasteiger partial charge on any atom is 0.231 e. The average Bonchev–Trinajstić information content (AvgIpc) is 3.37. The summed E-state index contributed by atoms with van der Waals surface area (Å²) in [5.41, 5.74) is 0.897. The molecule has 0 bridgehead atoms. The van der Waals surface area contributed by atoms with Gasteiger partial charge in [-0.1, -0.05) is 35.6 Å². The maximum atomic E-state index is 12.3. The summed E-state index contributed by atoms with van der Waals surface area (Å²) in [6.07, 6.45) is 0.739. The Kier molecular flexibility index (Phi) is 4.77. The van der Waals surface area contributed by atoms with Gasteiger partial charge in [0.15, 0.2) is 0 Å². The molecular formula is C18H16N4O2S2. The van der Waals surface area contributed by atoms with Crippen LogP contribution < -0.4 is 10.2 Å². The zero-order chi connectivity index (χ0) is 17.9. The van der Waals surface area contributed by atoms with Gasteiger partial charge in [0.2, 0.25) is 16.9 Å². The molecule has 1 atom stereocenters. The van der Waals surface area contributed by atoms with Gasteiger partial charge < -0.3 is 10.2 Å². The van der Waals surface area contributed by atoms with E-state index in [0.717, 1.165) is 15.6 Å². The Morgan fingerprint density at radius 2 is 2.04 bits per heavy atom. The minimum atomic E-state index is -0.108. The Labute approximate surface area is 158 Å². The van der Waals surface area contributed by atoms with Gasteiger partial charge in [0.25, 0.3) is 0 Å². The number of para-hydroxylation sites is 1. The predicted octanol–water partition coefficient (Wildman–Crippen LogP) is 3.30. The molecule has 0 aliphatic carbocycles. The fourth-order valence-electron chi connectivity index (χ4n) is 2.92. The summed E-state index contributed by atoms with van der Waals surface area (Å²) in [6, 6.07) is 13.5. The van der Waals surface area contributed by atoms with Crippen LogP contribution in [-0.4, -0.2) is 28.6 Å². The lowest BCUT2D eigenvalue weighted by Gasteiger charge is -2.15. The molecular weight excluding hydrogens is 368 g/mol. The lowest BCUT2D eigenvalue weighted by molar-refractivity contribution is -0.117. The van der Waals surface area contributed by atoms with E-state index in [4.69, 9.17) is 0 Å². The molecule has 26 heavy (non-hydrogen) atoms. The highest BCUT2D eigenvalue weighted by Crippen LogP contribution is 2.34. The third kappa shape index (κ3) is 3.66. The fraction of sp³-hybridized carbons (Fsp3) is 0.222. The molecule has 132 valence electrons. The Balaban J connectivity index is 1.40. The number of hydrogen-bond donors (Lipinski definition) is 1. The topological polar surface area (TPSA) is 75.2 Å². The van der Waals surface area contributed by atoms with E-state index in [-0.39, 0.29) is 17.7 Å². The second kappa shape index (κ2) is 7.35. The molecule has 2 amide bonds. The molecule has 1 unspecified atom stereocenters. The summed E-state index contributed by atoms with van der Waals surface area (Å²) in [6.45, 7) is 0.584. The molecule has 1 N–H and O–H groups in total. The van der Waals surface area contributed by atoms with Crippen molar-refractivity contribution in [1.29, 1.82) is 0 Å². The van der Waals surface area contributed by atoms with Crippen LogP contribution in [0.2, 0.25) is 0 Å². The van der Waals surface area contributed by atoms with Crippen LogP contribution in [0, 0.1) is 0 Å². The van der Waals surface area contributed by atoms with Crippen LogP contribution >= 0.6 is 22.7 Å². The molecule has 1 aliphatic heterocycles. The van der Waals surface area contributed by atoms with Gasteiger partial charge in [-0.05, 0) is 23.6 Å². The molecule has 2 aromatic heterocycles. The predicted molar refractivity (Wildman–Crippen MR) is 103 cm³/mol. The Hall–Kier alpha value is -2.58. The number of carbonyl (C=O) groups is 2. The molecule has 3 aromatic rings. The first-order valence-corrected chi connectivity index (χ1v) is 9.89. The van der Waals surface area contributed by atoms with Crippen LogP contribution in [0.15, 0.2) is 47.8 Å². The summed E-state index contributed by atoms with van der Waals surface area (Å²) < 4.78 is 0. The highest BCUT2D eigenvalue weighted by molar-refractivity contribution is 7.15. The number of anilines is 2. The number of hydrogen-bond acceptors (Lipinski definition) is 6. The van der Waals surface area contributed by atoms with Gasteiger partial charge in [0.05, 0.1) is 6.42 Å². The lowest BCUT2D eigenvalue weighted by Crippen LogP contribution is -2.24. The second-order valence-electron chi connectivity index (χ2n) is 5.99. The molecule has 1 saturated heterocycles. The third-order valence-electron chi connectivity index (χ3n) is 4.14. The first-order valence-electron chi connectivity index (χ1n) is 8.20. The lowest BCUT2D eigenvalue weighted by atomic mass is 10.1. The second-order valence-corrected chi connectivity index (χ2v) is 8.03. The van der Waals surface area contributed by atoms with E-state index in [9.17, 15) is 9.59 Å². The number of amides is 2. The largest absolute Gasteiger partial charge is 0.312 e. The minimum Gasteiger partial charge on any atom is -0.312 e. The van der Waals surface area contributed by atoms with Gasteiger partial charge >= 0.3 is 0 Å². The number of carbonyl (C=O) groups excluding carboxylic acids is 2. The van der Waals surface area contributed by atoms with Crippen LogP contribution in [0.5, 0.6) is 0 Å². The van der Waals surface area contributed by atoms with Crippen LogP contribution in [0.1, 0.15) is 22.2 Å². The van der Waals surface area contributed by atoms with Crippen molar-refractivity contribution in [3.8, 4) is 0 Å². The maximum absolute atomic E-state index is 12.3. The molecule has 1 aromatic carbocycles. The molecule has 0 radical (unpaired) electrons. The van der Waals surface area contributed by atoms with Gasteiger partial charge in [0.1, 0.15) is 5.01 Å². The van der Waals surface area contributed by atoms with E-state index < -0.39 is 0 Å². The monoisotopic (exact) mass is 384 g/mol. The first-order chi connectivity index (χ1) is 12.7. The van der Waals surface area contributed by atoms with E-state index in [1.54, 1.807) is 16.2 Å². The molecule has 8 heteroatoms. The van der Waals surface area contributed by atoms with E-state index in [2.05, 4.69) is 15.5 Å². The van der Waals surface area contributed by atoms with Crippen molar-refractivity contribution < 1.29 is 9.59 Å². The fourth-order valence-corrected chi connectivity index (χ4v) is 4.47. The summed E-state index contributed by atoms with van der Waals surface area (Å²) in [5, 5.41) is 14.2. The Bertz CT molecular complexity index is 908. The van der Waals surface area contributed by atoms with Crippen molar-refractivity contribution in [2.75, 3.05) is 16.8 Å². The Morgan fingerprint density at radius 3 is 2.81 bits per heavy atom.